The van der Waals surface area contributed by atoms with E-state index in [1.807, 2.05) is 0 Å². The summed E-state index contributed by atoms with van der Waals surface area (Å²) < 4.78 is 13.1. The average Bonchev–Trinajstić information content (AvgIpc) is 2.28. The molecule has 1 aromatic heterocycles. The number of nitrogens with zero attached hydrogens (tertiary/aromatic N) is 2. The molecule has 0 amide bonds. The van der Waals surface area contributed by atoms with Crippen LogP contribution < -0.4 is 5.73 Å². The number of halogens is 1. The first-order valence-corrected chi connectivity index (χ1v) is 5.14. The topological polar surface area (TPSA) is 51.8 Å². The van der Waals surface area contributed by atoms with E-state index in [9.17, 15) is 4.39 Å². The SMILES string of the molecule is Nc1ncc2c(n1)-c1ccc(F)cc1CC2. The van der Waals surface area contributed by atoms with Crippen molar-refractivity contribution in [2.24, 2.45) is 0 Å². The van der Waals surface area contributed by atoms with Crippen molar-refractivity contribution in [3.8, 4) is 11.3 Å². The monoisotopic (exact) mass is 215 g/mol. The fourth-order valence-corrected chi connectivity index (χ4v) is 2.11. The number of hydrogen-bond acceptors (Lipinski definition) is 3. The first kappa shape index (κ1) is 9.27. The molecule has 4 heteroatoms. The molecule has 0 bridgehead atoms. The van der Waals surface area contributed by atoms with Crippen LogP contribution in [0.2, 0.25) is 0 Å². The molecule has 0 unspecified atom stereocenters. The molecule has 3 nitrogen and oxygen atoms in total. The quantitative estimate of drug-likeness (QED) is 0.730. The summed E-state index contributed by atoms with van der Waals surface area (Å²) in [7, 11) is 0. The lowest BCUT2D eigenvalue weighted by molar-refractivity contribution is 0.625. The van der Waals surface area contributed by atoms with Gasteiger partial charge in [0.2, 0.25) is 5.95 Å². The molecular formula is C12H10FN3. The Morgan fingerprint density at radius 1 is 1.19 bits per heavy atom. The van der Waals surface area contributed by atoms with E-state index in [1.54, 1.807) is 18.3 Å². The standard InChI is InChI=1S/C12H10FN3/c13-9-3-4-10-7(5-9)1-2-8-6-15-12(14)16-11(8)10/h3-6H,1-2H2,(H2,14,15,16). The van der Waals surface area contributed by atoms with Gasteiger partial charge in [0.05, 0.1) is 5.69 Å². The fraction of sp³-hybridized carbons (Fsp3) is 0.167. The minimum absolute atomic E-state index is 0.204. The average molecular weight is 215 g/mol. The number of hydrogen-bond donors (Lipinski definition) is 1. The number of nitrogens with two attached hydrogens (primary N) is 1. The molecule has 0 fully saturated rings. The van der Waals surface area contributed by atoms with Crippen LogP contribution in [-0.4, -0.2) is 9.97 Å². The highest BCUT2D eigenvalue weighted by molar-refractivity contribution is 5.69. The van der Waals surface area contributed by atoms with E-state index < -0.39 is 0 Å². The van der Waals surface area contributed by atoms with Gasteiger partial charge in [0.15, 0.2) is 0 Å². The highest BCUT2D eigenvalue weighted by atomic mass is 19.1. The summed E-state index contributed by atoms with van der Waals surface area (Å²) in [6.45, 7) is 0. The Morgan fingerprint density at radius 2 is 2.00 bits per heavy atom. The molecule has 2 N–H and O–H groups in total. The zero-order valence-corrected chi connectivity index (χ0v) is 8.57. The van der Waals surface area contributed by atoms with Gasteiger partial charge in [-0.25, -0.2) is 14.4 Å². The van der Waals surface area contributed by atoms with Gasteiger partial charge in [0.25, 0.3) is 0 Å². The number of benzene rings is 1. The lowest BCUT2D eigenvalue weighted by Gasteiger charge is -2.18. The van der Waals surface area contributed by atoms with Crippen LogP contribution in [0.1, 0.15) is 11.1 Å². The smallest absolute Gasteiger partial charge is 0.220 e. The highest BCUT2D eigenvalue weighted by Gasteiger charge is 2.18. The van der Waals surface area contributed by atoms with Crippen LogP contribution in [0, 0.1) is 5.82 Å². The molecule has 1 aliphatic carbocycles. The molecule has 1 heterocycles. The van der Waals surface area contributed by atoms with Crippen molar-refractivity contribution in [3.05, 3.63) is 41.3 Å². The van der Waals surface area contributed by atoms with Gasteiger partial charge in [-0.2, -0.15) is 0 Å². The van der Waals surface area contributed by atoms with E-state index in [0.29, 0.717) is 0 Å². The molecule has 1 aliphatic rings. The number of aromatic nitrogens is 2. The summed E-state index contributed by atoms with van der Waals surface area (Å²) in [6.07, 6.45) is 3.42. The maximum absolute atomic E-state index is 13.1. The van der Waals surface area contributed by atoms with Gasteiger partial charge in [0, 0.05) is 11.8 Å². The van der Waals surface area contributed by atoms with Gasteiger partial charge >= 0.3 is 0 Å². The predicted molar refractivity (Wildman–Crippen MR) is 59.2 cm³/mol. The van der Waals surface area contributed by atoms with Crippen LogP contribution in [0.25, 0.3) is 11.3 Å². The zero-order chi connectivity index (χ0) is 11.1. The maximum Gasteiger partial charge on any atom is 0.220 e. The van der Waals surface area contributed by atoms with Gasteiger partial charge in [-0.1, -0.05) is 0 Å². The van der Waals surface area contributed by atoms with E-state index in [0.717, 1.165) is 35.2 Å². The van der Waals surface area contributed by atoms with E-state index in [2.05, 4.69) is 9.97 Å². The van der Waals surface area contributed by atoms with Gasteiger partial charge in [-0.05, 0) is 42.2 Å². The molecule has 2 aromatic rings. The molecular weight excluding hydrogens is 205 g/mol. The van der Waals surface area contributed by atoms with Gasteiger partial charge < -0.3 is 5.73 Å². The molecule has 80 valence electrons. The first-order chi connectivity index (χ1) is 7.74. The summed E-state index contributed by atoms with van der Waals surface area (Å²) in [4.78, 5) is 8.20. The molecule has 0 radical (unpaired) electrons. The van der Waals surface area contributed by atoms with Crippen LogP contribution >= 0.6 is 0 Å². The molecule has 0 saturated heterocycles. The second kappa shape index (κ2) is 3.27. The van der Waals surface area contributed by atoms with Crippen molar-refractivity contribution in [2.45, 2.75) is 12.8 Å². The summed E-state index contributed by atoms with van der Waals surface area (Å²) in [5.74, 6) is 0.0557. The van der Waals surface area contributed by atoms with Crippen molar-refractivity contribution < 1.29 is 4.39 Å². The molecule has 0 atom stereocenters. The minimum atomic E-state index is -0.204. The molecule has 0 saturated carbocycles. The molecule has 0 spiro atoms. The summed E-state index contributed by atoms with van der Waals surface area (Å²) in [5.41, 5.74) is 9.45. The summed E-state index contributed by atoms with van der Waals surface area (Å²) >= 11 is 0. The Bertz CT molecular complexity index is 566. The second-order valence-corrected chi connectivity index (χ2v) is 3.90. The van der Waals surface area contributed by atoms with Crippen molar-refractivity contribution in [1.82, 2.24) is 9.97 Å². The number of aryl methyl sites for hydroxylation is 2. The number of rotatable bonds is 0. The van der Waals surface area contributed by atoms with Crippen LogP contribution in [-0.2, 0) is 12.8 Å². The normalized spacial score (nSPS) is 13.1. The lowest BCUT2D eigenvalue weighted by Crippen LogP contribution is -2.08. The summed E-state index contributed by atoms with van der Waals surface area (Å²) in [5, 5.41) is 0. The van der Waals surface area contributed by atoms with E-state index in [-0.39, 0.29) is 11.8 Å². The van der Waals surface area contributed by atoms with E-state index in [4.69, 9.17) is 5.73 Å². The van der Waals surface area contributed by atoms with Crippen LogP contribution in [0.3, 0.4) is 0 Å². The Labute approximate surface area is 92.2 Å². The first-order valence-electron chi connectivity index (χ1n) is 5.14. The van der Waals surface area contributed by atoms with E-state index in [1.165, 1.54) is 6.07 Å². The highest BCUT2D eigenvalue weighted by Crippen LogP contribution is 2.32. The molecule has 16 heavy (non-hydrogen) atoms. The van der Waals surface area contributed by atoms with Crippen molar-refractivity contribution in [1.29, 1.82) is 0 Å². The Morgan fingerprint density at radius 3 is 2.88 bits per heavy atom. The Hall–Kier alpha value is -1.97. The third-order valence-corrected chi connectivity index (χ3v) is 2.87. The van der Waals surface area contributed by atoms with Crippen molar-refractivity contribution in [3.63, 3.8) is 0 Å². The van der Waals surface area contributed by atoms with Gasteiger partial charge in [-0.15, -0.1) is 0 Å². The largest absolute Gasteiger partial charge is 0.368 e. The van der Waals surface area contributed by atoms with Gasteiger partial charge in [0.1, 0.15) is 5.82 Å². The number of anilines is 1. The van der Waals surface area contributed by atoms with Gasteiger partial charge in [-0.3, -0.25) is 0 Å². The number of fused-ring (bicyclic) bond motifs is 3. The van der Waals surface area contributed by atoms with Crippen LogP contribution in [0.5, 0.6) is 0 Å². The van der Waals surface area contributed by atoms with Crippen LogP contribution in [0.15, 0.2) is 24.4 Å². The van der Waals surface area contributed by atoms with Crippen LogP contribution in [0.4, 0.5) is 10.3 Å². The molecule has 1 aromatic carbocycles. The maximum atomic E-state index is 13.1. The van der Waals surface area contributed by atoms with E-state index >= 15 is 0 Å². The lowest BCUT2D eigenvalue weighted by atomic mass is 9.90. The predicted octanol–water partition coefficient (Wildman–Crippen LogP) is 1.96. The zero-order valence-electron chi connectivity index (χ0n) is 8.57. The van der Waals surface area contributed by atoms with Crippen molar-refractivity contribution >= 4 is 5.95 Å². The third-order valence-electron chi connectivity index (χ3n) is 2.87. The molecule has 0 aliphatic heterocycles. The molecule has 3 rings (SSSR count). The Kier molecular flexibility index (Phi) is 1.89. The van der Waals surface area contributed by atoms with Crippen molar-refractivity contribution in [2.75, 3.05) is 5.73 Å². The minimum Gasteiger partial charge on any atom is -0.368 e. The Balaban J connectivity index is 2.25. The third kappa shape index (κ3) is 1.34. The second-order valence-electron chi connectivity index (χ2n) is 3.90. The fourth-order valence-electron chi connectivity index (χ4n) is 2.11. The summed E-state index contributed by atoms with van der Waals surface area (Å²) in [6, 6.07) is 4.78. The number of nitrogen functional groups attached to an aromatic ring is 1.